The number of thioether (sulfide) groups is 1. The second kappa shape index (κ2) is 9.30. The van der Waals surface area contributed by atoms with Crippen LogP contribution in [-0.4, -0.2) is 37.5 Å². The van der Waals surface area contributed by atoms with E-state index in [4.69, 9.17) is 4.74 Å². The lowest BCUT2D eigenvalue weighted by Gasteiger charge is -2.25. The zero-order valence-electron chi connectivity index (χ0n) is 12.4. The highest BCUT2D eigenvalue weighted by molar-refractivity contribution is 7.99. The average Bonchev–Trinajstić information content (AvgIpc) is 2.49. The molecule has 21 heavy (non-hydrogen) atoms. The first-order valence-corrected chi connectivity index (χ1v) is 8.03. The number of carbonyl (C=O) groups excluding carboxylic acids is 1. The quantitative estimate of drug-likeness (QED) is 0.814. The monoisotopic (exact) mass is 330 g/mol. The fourth-order valence-electron chi connectivity index (χ4n) is 2.15. The van der Waals surface area contributed by atoms with Crippen molar-refractivity contribution in [1.29, 1.82) is 0 Å². The Labute approximate surface area is 136 Å². The van der Waals surface area contributed by atoms with Gasteiger partial charge in [0.05, 0.1) is 19.3 Å². The molecule has 1 saturated heterocycles. The van der Waals surface area contributed by atoms with Crippen LogP contribution in [0.25, 0.3) is 0 Å². The molecule has 2 N–H and O–H groups in total. The van der Waals surface area contributed by atoms with E-state index in [0.717, 1.165) is 17.9 Å². The fourth-order valence-corrected chi connectivity index (χ4v) is 2.81. The van der Waals surface area contributed by atoms with Gasteiger partial charge in [0.15, 0.2) is 0 Å². The predicted octanol–water partition coefficient (Wildman–Crippen LogP) is 2.39. The average molecular weight is 331 g/mol. The number of carbonyl (C=O) groups is 1. The number of rotatable bonds is 5. The predicted molar refractivity (Wildman–Crippen MR) is 89.3 cm³/mol. The highest BCUT2D eigenvalue weighted by Crippen LogP contribution is 2.20. The Bertz CT molecular complexity index is 436. The Morgan fingerprint density at radius 2 is 2.19 bits per heavy atom. The molecule has 0 bridgehead atoms. The van der Waals surface area contributed by atoms with Crippen LogP contribution in [0.2, 0.25) is 0 Å². The number of morpholine rings is 1. The van der Waals surface area contributed by atoms with E-state index >= 15 is 0 Å². The van der Waals surface area contributed by atoms with Crippen LogP contribution in [0.1, 0.15) is 25.5 Å². The lowest BCUT2D eigenvalue weighted by Crippen LogP contribution is -2.51. The first kappa shape index (κ1) is 18.3. The molecule has 118 valence electrons. The summed E-state index contributed by atoms with van der Waals surface area (Å²) in [5.41, 5.74) is 1.12. The zero-order valence-corrected chi connectivity index (χ0v) is 14.1. The molecule has 1 heterocycles. The lowest BCUT2D eigenvalue weighted by atomic mass is 10.1. The molecule has 4 nitrogen and oxygen atoms in total. The maximum Gasteiger partial charge on any atom is 0.240 e. The van der Waals surface area contributed by atoms with Crippen LogP contribution in [0.4, 0.5) is 0 Å². The molecule has 0 aliphatic carbocycles. The highest BCUT2D eigenvalue weighted by Gasteiger charge is 2.22. The number of amides is 1. The van der Waals surface area contributed by atoms with Gasteiger partial charge in [-0.25, -0.2) is 0 Å². The highest BCUT2D eigenvalue weighted by atomic mass is 35.5. The molecular weight excluding hydrogens is 308 g/mol. The summed E-state index contributed by atoms with van der Waals surface area (Å²) < 4.78 is 5.31. The van der Waals surface area contributed by atoms with Gasteiger partial charge in [-0.1, -0.05) is 19.1 Å². The number of nitrogens with one attached hydrogen (secondary N) is 2. The van der Waals surface area contributed by atoms with Gasteiger partial charge in [-0.3, -0.25) is 4.79 Å². The summed E-state index contributed by atoms with van der Waals surface area (Å²) in [6.07, 6.45) is 0. The second-order valence-electron chi connectivity index (χ2n) is 4.81. The van der Waals surface area contributed by atoms with Crippen molar-refractivity contribution in [2.75, 3.05) is 25.5 Å². The summed E-state index contributed by atoms with van der Waals surface area (Å²) in [6, 6.07) is 8.14. The third-order valence-electron chi connectivity index (χ3n) is 3.29. The molecule has 0 spiro atoms. The van der Waals surface area contributed by atoms with Crippen molar-refractivity contribution in [3.05, 3.63) is 29.8 Å². The molecule has 2 rings (SSSR count). The van der Waals surface area contributed by atoms with Crippen LogP contribution in [0, 0.1) is 0 Å². The van der Waals surface area contributed by atoms with Crippen LogP contribution in [0.3, 0.4) is 0 Å². The Balaban J connectivity index is 0.00000220. The Morgan fingerprint density at radius 1 is 1.48 bits per heavy atom. The summed E-state index contributed by atoms with van der Waals surface area (Å²) in [6.45, 7) is 6.00. The third kappa shape index (κ3) is 5.51. The van der Waals surface area contributed by atoms with Crippen LogP contribution < -0.4 is 10.6 Å². The topological polar surface area (TPSA) is 50.4 Å². The van der Waals surface area contributed by atoms with Gasteiger partial charge < -0.3 is 15.4 Å². The van der Waals surface area contributed by atoms with Crippen molar-refractivity contribution in [2.24, 2.45) is 0 Å². The van der Waals surface area contributed by atoms with E-state index < -0.39 is 0 Å². The van der Waals surface area contributed by atoms with Crippen molar-refractivity contribution in [1.82, 2.24) is 10.6 Å². The third-order valence-corrected chi connectivity index (χ3v) is 4.18. The van der Waals surface area contributed by atoms with Gasteiger partial charge in [0.1, 0.15) is 6.04 Å². The number of hydrogen-bond acceptors (Lipinski definition) is 4. The molecule has 1 amide bonds. The Kier molecular flexibility index (Phi) is 8.11. The molecule has 6 heteroatoms. The number of ether oxygens (including phenoxy) is 1. The van der Waals surface area contributed by atoms with Crippen molar-refractivity contribution in [3.63, 3.8) is 0 Å². The number of hydrogen-bond donors (Lipinski definition) is 2. The maximum absolute atomic E-state index is 12.1. The lowest BCUT2D eigenvalue weighted by molar-refractivity contribution is -0.126. The summed E-state index contributed by atoms with van der Waals surface area (Å²) in [5, 5.41) is 6.19. The summed E-state index contributed by atoms with van der Waals surface area (Å²) in [7, 11) is 0. The van der Waals surface area contributed by atoms with Crippen molar-refractivity contribution < 1.29 is 9.53 Å². The minimum absolute atomic E-state index is 0. The van der Waals surface area contributed by atoms with E-state index in [1.165, 1.54) is 4.90 Å². The van der Waals surface area contributed by atoms with Crippen LogP contribution in [0.5, 0.6) is 0 Å². The molecule has 1 aromatic carbocycles. The fraction of sp³-hybridized carbons (Fsp3) is 0.533. The minimum atomic E-state index is -0.235. The molecule has 2 unspecified atom stereocenters. The summed E-state index contributed by atoms with van der Waals surface area (Å²) in [4.78, 5) is 13.4. The number of benzene rings is 1. The normalized spacial score (nSPS) is 19.4. The number of halogens is 1. The molecule has 1 aromatic rings. The first-order valence-electron chi connectivity index (χ1n) is 7.05. The van der Waals surface area contributed by atoms with Crippen LogP contribution in [-0.2, 0) is 9.53 Å². The summed E-state index contributed by atoms with van der Waals surface area (Å²) in [5.74, 6) is 1.07. The SMILES string of the molecule is CCSc1ccc(C(C)NC(=O)C2COCCN2)cc1.Cl. The van der Waals surface area contributed by atoms with E-state index in [-0.39, 0.29) is 30.4 Å². The van der Waals surface area contributed by atoms with Crippen LogP contribution in [0.15, 0.2) is 29.2 Å². The van der Waals surface area contributed by atoms with Gasteiger partial charge in [0, 0.05) is 11.4 Å². The van der Waals surface area contributed by atoms with Gasteiger partial charge in [0.2, 0.25) is 5.91 Å². The summed E-state index contributed by atoms with van der Waals surface area (Å²) >= 11 is 1.82. The van der Waals surface area contributed by atoms with Crippen molar-refractivity contribution in [3.8, 4) is 0 Å². The molecule has 0 aromatic heterocycles. The first-order chi connectivity index (χ1) is 9.70. The molecular formula is C15H23ClN2O2S. The molecule has 1 aliphatic heterocycles. The molecule has 2 atom stereocenters. The zero-order chi connectivity index (χ0) is 14.4. The van der Waals surface area contributed by atoms with E-state index in [0.29, 0.717) is 13.2 Å². The van der Waals surface area contributed by atoms with E-state index in [1.54, 1.807) is 0 Å². The van der Waals surface area contributed by atoms with Gasteiger partial charge >= 0.3 is 0 Å². The van der Waals surface area contributed by atoms with Crippen LogP contribution >= 0.6 is 24.2 Å². The van der Waals surface area contributed by atoms with E-state index in [2.05, 4.69) is 41.8 Å². The van der Waals surface area contributed by atoms with Gasteiger partial charge in [-0.2, -0.15) is 0 Å². The largest absolute Gasteiger partial charge is 0.378 e. The maximum atomic E-state index is 12.1. The van der Waals surface area contributed by atoms with E-state index in [1.807, 2.05) is 18.7 Å². The van der Waals surface area contributed by atoms with Gasteiger partial charge in [-0.05, 0) is 30.4 Å². The minimum Gasteiger partial charge on any atom is -0.378 e. The second-order valence-corrected chi connectivity index (χ2v) is 6.15. The van der Waals surface area contributed by atoms with Gasteiger partial charge in [0.25, 0.3) is 0 Å². The Morgan fingerprint density at radius 3 is 2.76 bits per heavy atom. The van der Waals surface area contributed by atoms with Crippen molar-refractivity contribution in [2.45, 2.75) is 30.8 Å². The smallest absolute Gasteiger partial charge is 0.240 e. The molecule has 1 aliphatic rings. The van der Waals surface area contributed by atoms with Gasteiger partial charge in [-0.15, -0.1) is 24.2 Å². The molecule has 0 saturated carbocycles. The Hall–Kier alpha value is -0.750. The molecule has 1 fully saturated rings. The molecule has 0 radical (unpaired) electrons. The van der Waals surface area contributed by atoms with E-state index in [9.17, 15) is 4.79 Å². The van der Waals surface area contributed by atoms with Crippen molar-refractivity contribution >= 4 is 30.1 Å². The standard InChI is InChI=1S/C15H22N2O2S.ClH/c1-3-20-13-6-4-12(5-7-13)11(2)17-15(18)14-10-19-9-8-16-14;/h4-7,11,14,16H,3,8-10H2,1-2H3,(H,17,18);1H.